The first-order chi connectivity index (χ1) is 17.7. The smallest absolute Gasteiger partial charge is 0.255 e. The van der Waals surface area contributed by atoms with E-state index in [-0.39, 0.29) is 12.1 Å². The average Bonchev–Trinajstić information content (AvgIpc) is 3.32. The molecule has 0 spiro atoms. The molecule has 1 amide bonds. The fraction of sp³-hybridized carbons (Fsp3) is 0.320. The molecular weight excluding hydrogens is 474 g/mol. The van der Waals surface area contributed by atoms with Crippen LogP contribution in [-0.4, -0.2) is 52.2 Å². The van der Waals surface area contributed by atoms with Crippen LogP contribution >= 0.6 is 11.8 Å². The Kier molecular flexibility index (Phi) is 8.77. The number of para-hydroxylation sites is 1. The van der Waals surface area contributed by atoms with Crippen molar-refractivity contribution in [2.45, 2.75) is 25.3 Å². The summed E-state index contributed by atoms with van der Waals surface area (Å²) in [6, 6.07) is 13.3. The number of carbonyl (C=O) groups excluding carboxylic acids is 1. The molecule has 1 aromatic carbocycles. The number of nitriles is 1. The van der Waals surface area contributed by atoms with Gasteiger partial charge in [-0.1, -0.05) is 18.2 Å². The second-order valence-electron chi connectivity index (χ2n) is 8.12. The number of anilines is 1. The van der Waals surface area contributed by atoms with Gasteiger partial charge in [-0.25, -0.2) is 4.98 Å². The standard InChI is InChI=1S/C25H29N9OS/c1-18-21(32-17-31-18)15-36-14-12-29-25(30-16-26)28-11-6-13-34-22-9-3-2-7-19(22)24(35)33-23(34)20-8-4-5-10-27-20/h2-5,7-10,17,23H,6,11-15H2,1H3,(H,31,32)(H,33,35)(H2,28,29,30). The van der Waals surface area contributed by atoms with Crippen LogP contribution < -0.4 is 20.9 Å². The Labute approximate surface area is 214 Å². The van der Waals surface area contributed by atoms with Crippen LogP contribution in [0.25, 0.3) is 0 Å². The van der Waals surface area contributed by atoms with Crippen molar-refractivity contribution in [1.82, 2.24) is 30.9 Å². The highest BCUT2D eigenvalue weighted by molar-refractivity contribution is 7.98. The summed E-state index contributed by atoms with van der Waals surface area (Å²) in [6.07, 6.45) is 5.74. The first kappa shape index (κ1) is 25.1. The van der Waals surface area contributed by atoms with Crippen molar-refractivity contribution < 1.29 is 4.79 Å². The molecule has 0 saturated heterocycles. The number of aromatic nitrogens is 3. The number of rotatable bonds is 10. The average molecular weight is 504 g/mol. The van der Waals surface area contributed by atoms with E-state index in [1.807, 2.05) is 55.6 Å². The number of aromatic amines is 1. The first-order valence-corrected chi connectivity index (χ1v) is 12.9. The van der Waals surface area contributed by atoms with E-state index in [4.69, 9.17) is 5.26 Å². The molecule has 0 fully saturated rings. The second kappa shape index (κ2) is 12.6. The van der Waals surface area contributed by atoms with Crippen LogP contribution in [0.2, 0.25) is 0 Å². The molecule has 1 atom stereocenters. The van der Waals surface area contributed by atoms with Crippen molar-refractivity contribution in [3.8, 4) is 6.19 Å². The molecule has 1 aliphatic rings. The van der Waals surface area contributed by atoms with Crippen LogP contribution in [0.15, 0.2) is 60.0 Å². The molecule has 4 N–H and O–H groups in total. The zero-order chi connectivity index (χ0) is 25.2. The molecule has 10 nitrogen and oxygen atoms in total. The van der Waals surface area contributed by atoms with Gasteiger partial charge in [-0.3, -0.25) is 20.1 Å². The number of thioether (sulfide) groups is 1. The predicted octanol–water partition coefficient (Wildman–Crippen LogP) is 2.70. The van der Waals surface area contributed by atoms with Crippen molar-refractivity contribution in [3.05, 3.63) is 77.6 Å². The Hall–Kier alpha value is -4.04. The van der Waals surface area contributed by atoms with E-state index in [9.17, 15) is 4.79 Å². The van der Waals surface area contributed by atoms with Gasteiger partial charge in [0, 0.05) is 43.0 Å². The quantitative estimate of drug-likeness (QED) is 0.109. The van der Waals surface area contributed by atoms with Crippen LogP contribution in [0.5, 0.6) is 0 Å². The molecule has 4 rings (SSSR count). The molecule has 1 aliphatic heterocycles. The van der Waals surface area contributed by atoms with Crippen molar-refractivity contribution in [2.24, 2.45) is 4.99 Å². The lowest BCUT2D eigenvalue weighted by atomic mass is 10.1. The van der Waals surface area contributed by atoms with Crippen molar-refractivity contribution in [1.29, 1.82) is 5.26 Å². The number of guanidine groups is 1. The number of amides is 1. The maximum Gasteiger partial charge on any atom is 0.255 e. The van der Waals surface area contributed by atoms with Crippen molar-refractivity contribution in [2.75, 3.05) is 30.3 Å². The van der Waals surface area contributed by atoms with E-state index < -0.39 is 0 Å². The van der Waals surface area contributed by atoms with E-state index in [0.717, 1.165) is 40.7 Å². The number of fused-ring (bicyclic) bond motifs is 1. The van der Waals surface area contributed by atoms with Gasteiger partial charge in [-0.05, 0) is 37.6 Å². The Balaban J connectivity index is 1.33. The number of carbonyl (C=O) groups is 1. The third-order valence-corrected chi connectivity index (χ3v) is 6.69. The summed E-state index contributed by atoms with van der Waals surface area (Å²) >= 11 is 1.77. The van der Waals surface area contributed by atoms with Gasteiger partial charge in [-0.2, -0.15) is 17.0 Å². The van der Waals surface area contributed by atoms with Crippen molar-refractivity contribution >= 4 is 29.3 Å². The van der Waals surface area contributed by atoms with Crippen molar-refractivity contribution in [3.63, 3.8) is 0 Å². The fourth-order valence-corrected chi connectivity index (χ4v) is 4.80. The molecule has 3 aromatic rings. The number of nitrogens with zero attached hydrogens (tertiary/aromatic N) is 5. The maximum absolute atomic E-state index is 12.7. The largest absolute Gasteiger partial charge is 0.355 e. The molecule has 11 heteroatoms. The highest BCUT2D eigenvalue weighted by atomic mass is 32.2. The number of H-pyrrole nitrogens is 1. The van der Waals surface area contributed by atoms with Gasteiger partial charge in [0.25, 0.3) is 5.91 Å². The fourth-order valence-electron chi connectivity index (χ4n) is 3.92. The van der Waals surface area contributed by atoms with Gasteiger partial charge in [0.05, 0.1) is 29.0 Å². The molecule has 36 heavy (non-hydrogen) atoms. The maximum atomic E-state index is 12.7. The number of aliphatic imine (C=N–C) groups is 1. The number of nitrogens with one attached hydrogen (secondary N) is 4. The van der Waals surface area contributed by atoms with Crippen LogP contribution in [0.3, 0.4) is 0 Å². The van der Waals surface area contributed by atoms with Gasteiger partial charge in [0.15, 0.2) is 6.19 Å². The predicted molar refractivity (Wildman–Crippen MR) is 141 cm³/mol. The lowest BCUT2D eigenvalue weighted by molar-refractivity contribution is 0.0925. The molecule has 0 radical (unpaired) electrons. The minimum absolute atomic E-state index is 0.111. The Bertz CT molecular complexity index is 1220. The summed E-state index contributed by atoms with van der Waals surface area (Å²) in [7, 11) is 0. The number of hydrogen-bond acceptors (Lipinski definition) is 7. The highest BCUT2D eigenvalue weighted by Crippen LogP contribution is 2.32. The monoisotopic (exact) mass is 503 g/mol. The second-order valence-corrected chi connectivity index (χ2v) is 9.22. The van der Waals surface area contributed by atoms with Crippen LogP contribution in [0.1, 0.15) is 40.0 Å². The van der Waals surface area contributed by atoms with Crippen LogP contribution in [-0.2, 0) is 5.75 Å². The summed E-state index contributed by atoms with van der Waals surface area (Å²) in [5.74, 6) is 2.04. The van der Waals surface area contributed by atoms with E-state index in [1.54, 1.807) is 24.3 Å². The van der Waals surface area contributed by atoms with Gasteiger partial charge in [0.2, 0.25) is 5.96 Å². The lowest BCUT2D eigenvalue weighted by Gasteiger charge is -2.38. The Morgan fingerprint density at radius 3 is 2.89 bits per heavy atom. The van der Waals surface area contributed by atoms with Crippen LogP contribution in [0, 0.1) is 18.4 Å². The molecular formula is C25H29N9OS. The molecule has 0 aliphatic carbocycles. The summed E-state index contributed by atoms with van der Waals surface area (Å²) < 4.78 is 0. The van der Waals surface area contributed by atoms with Gasteiger partial charge < -0.3 is 20.5 Å². The zero-order valence-corrected chi connectivity index (χ0v) is 20.9. The van der Waals surface area contributed by atoms with Gasteiger partial charge >= 0.3 is 0 Å². The first-order valence-electron chi connectivity index (χ1n) is 11.7. The molecule has 1 unspecified atom stereocenters. The zero-order valence-electron chi connectivity index (χ0n) is 20.1. The molecule has 2 aromatic heterocycles. The molecule has 0 bridgehead atoms. The number of aryl methyl sites for hydroxylation is 1. The van der Waals surface area contributed by atoms with E-state index in [0.29, 0.717) is 31.2 Å². The minimum atomic E-state index is -0.359. The van der Waals surface area contributed by atoms with Gasteiger partial charge in [0.1, 0.15) is 6.17 Å². The van der Waals surface area contributed by atoms with E-state index >= 15 is 0 Å². The van der Waals surface area contributed by atoms with E-state index in [1.165, 1.54) is 0 Å². The third kappa shape index (κ3) is 6.34. The minimum Gasteiger partial charge on any atom is -0.355 e. The number of imidazole rings is 1. The third-order valence-electron chi connectivity index (χ3n) is 5.72. The number of benzene rings is 1. The molecule has 3 heterocycles. The summed E-state index contributed by atoms with van der Waals surface area (Å²) in [5, 5.41) is 18.0. The highest BCUT2D eigenvalue weighted by Gasteiger charge is 2.31. The Morgan fingerprint density at radius 2 is 2.11 bits per heavy atom. The lowest BCUT2D eigenvalue weighted by Crippen LogP contribution is -2.47. The summed E-state index contributed by atoms with van der Waals surface area (Å²) in [6.45, 7) is 3.85. The number of hydrogen-bond donors (Lipinski definition) is 4. The van der Waals surface area contributed by atoms with Gasteiger partial charge in [-0.15, -0.1) is 0 Å². The molecule has 186 valence electrons. The summed E-state index contributed by atoms with van der Waals surface area (Å²) in [5.41, 5.74) is 4.44. The normalized spacial score (nSPS) is 15.1. The Morgan fingerprint density at radius 1 is 1.25 bits per heavy atom. The SMILES string of the molecule is Cc1[nH]cnc1CSCCNC(=NCCCN1c2ccccc2C(=O)NC1c1ccccn1)NC#N. The van der Waals surface area contributed by atoms with Crippen LogP contribution in [0.4, 0.5) is 5.69 Å². The number of pyridine rings is 1. The topological polar surface area (TPSA) is 134 Å². The van der Waals surface area contributed by atoms with E-state index in [2.05, 4.69) is 40.8 Å². The molecule has 0 saturated carbocycles. The summed E-state index contributed by atoms with van der Waals surface area (Å²) in [4.78, 5) is 31.2.